The zero-order chi connectivity index (χ0) is 26.4. The summed E-state index contributed by atoms with van der Waals surface area (Å²) in [5.74, 6) is -3.48. The van der Waals surface area contributed by atoms with E-state index in [1.807, 2.05) is 0 Å². The van der Waals surface area contributed by atoms with Crippen molar-refractivity contribution in [1.82, 2.24) is 5.32 Å². The number of unbranched alkanes of at least 4 members (excludes halogenated alkanes) is 9. The van der Waals surface area contributed by atoms with Gasteiger partial charge in [0.1, 0.15) is 6.04 Å². The normalized spacial score (nSPS) is 12.9. The minimum absolute atomic E-state index is 0. The van der Waals surface area contributed by atoms with Crippen LogP contribution in [0, 0.1) is 0 Å². The van der Waals surface area contributed by atoms with Gasteiger partial charge in [0.05, 0.1) is 0 Å². The molecule has 0 aromatic heterocycles. The Hall–Kier alpha value is -1.24. The summed E-state index contributed by atoms with van der Waals surface area (Å²) in [6, 6.07) is -1.26. The maximum Gasteiger partial charge on any atom is 1.00 e. The van der Waals surface area contributed by atoms with Crippen LogP contribution in [0.4, 0.5) is 0 Å². The van der Waals surface area contributed by atoms with E-state index in [0.717, 1.165) is 12.8 Å². The molecule has 11 nitrogen and oxygen atoms in total. The van der Waals surface area contributed by atoms with E-state index in [1.54, 1.807) is 0 Å². The second kappa shape index (κ2) is 24.5. The van der Waals surface area contributed by atoms with E-state index in [4.69, 9.17) is 33.1 Å². The van der Waals surface area contributed by atoms with E-state index in [-0.39, 0.29) is 56.2 Å². The van der Waals surface area contributed by atoms with Crippen LogP contribution in [0.25, 0.3) is 0 Å². The van der Waals surface area contributed by atoms with Gasteiger partial charge in [-0.15, -0.1) is 0 Å². The Morgan fingerprint density at radius 2 is 1.31 bits per heavy atom. The fraction of sp³-hybridized carbons (Fsp3) is 0.826. The number of amides is 2. The van der Waals surface area contributed by atoms with Crippen LogP contribution in [0.1, 0.15) is 105 Å². The summed E-state index contributed by atoms with van der Waals surface area (Å²) >= 11 is 0. The number of carbonyl (C=O) groups is 4. The average Bonchev–Trinajstić information content (AvgIpc) is 2.75. The molecule has 0 bridgehead atoms. The van der Waals surface area contributed by atoms with Gasteiger partial charge in [-0.2, -0.15) is 0 Å². The van der Waals surface area contributed by atoms with Crippen molar-refractivity contribution in [3.05, 3.63) is 0 Å². The molecule has 0 aliphatic rings. The van der Waals surface area contributed by atoms with E-state index in [9.17, 15) is 19.2 Å². The fourth-order valence-corrected chi connectivity index (χ4v) is 3.25. The molecule has 202 valence electrons. The molecule has 0 rings (SSSR count). The van der Waals surface area contributed by atoms with E-state index >= 15 is 0 Å². The molecular formula is C23H48N5NaO6. The molecule has 2 atom stereocenters. The summed E-state index contributed by atoms with van der Waals surface area (Å²) in [5, 5.41) is 20.5. The number of carbonyl (C=O) groups excluding carboxylic acids is 2. The topological polar surface area (TPSA) is 225 Å². The molecule has 0 saturated carbocycles. The van der Waals surface area contributed by atoms with Crippen molar-refractivity contribution in [2.24, 2.45) is 22.9 Å². The summed E-state index contributed by atoms with van der Waals surface area (Å²) in [6.07, 6.45) is 12.8. The Labute approximate surface area is 233 Å². The maximum absolute atomic E-state index is 11.2. The van der Waals surface area contributed by atoms with Crippen LogP contribution in [-0.2, 0) is 19.2 Å². The molecular weight excluding hydrogens is 465 g/mol. The molecule has 0 spiro atoms. The first kappa shape index (κ1) is 38.3. The quantitative estimate of drug-likeness (QED) is 0.0547. The van der Waals surface area contributed by atoms with Crippen molar-refractivity contribution in [2.45, 2.75) is 115 Å². The molecule has 0 aromatic rings. The molecule has 0 radical (unpaired) electrons. The van der Waals surface area contributed by atoms with Gasteiger partial charge in [-0.05, 0) is 38.6 Å². The number of aliphatic carboxylic acids is 2. The largest absolute Gasteiger partial charge is 1.00 e. The minimum atomic E-state index is -1.88. The van der Waals surface area contributed by atoms with Gasteiger partial charge < -0.3 is 34.6 Å². The number of hydrogen-bond acceptors (Lipinski definition) is 7. The van der Waals surface area contributed by atoms with Gasteiger partial charge in [-0.1, -0.05) is 58.3 Å². The van der Waals surface area contributed by atoms with Crippen LogP contribution in [0.2, 0.25) is 0 Å². The molecule has 0 unspecified atom stereocenters. The molecule has 12 heteroatoms. The predicted molar refractivity (Wildman–Crippen MR) is 133 cm³/mol. The average molecular weight is 514 g/mol. The number of hydrogen-bond donors (Lipinski definition) is 7. The second-order valence-corrected chi connectivity index (χ2v) is 8.61. The Morgan fingerprint density at radius 1 is 0.829 bits per heavy atom. The van der Waals surface area contributed by atoms with Gasteiger partial charge in [-0.25, -0.2) is 4.79 Å². The first-order valence-electron chi connectivity index (χ1n) is 12.3. The van der Waals surface area contributed by atoms with Crippen molar-refractivity contribution in [3.8, 4) is 0 Å². The van der Waals surface area contributed by atoms with Gasteiger partial charge >= 0.3 is 41.5 Å². The summed E-state index contributed by atoms with van der Waals surface area (Å²) in [7, 11) is 0. The Bertz CT molecular complexity index is 603. The van der Waals surface area contributed by atoms with Crippen molar-refractivity contribution in [2.75, 3.05) is 6.54 Å². The van der Waals surface area contributed by atoms with E-state index in [0.29, 0.717) is 25.8 Å². The molecule has 2 amide bonds. The standard InChI is InChI=1S/C12H25NO.C11H22N4O5.Na.H/c1-2-3-4-5-6-7-8-9-10-11-12(13)14;12-6-2-1-5-11(14,10(19)20)15-7(9(17)18)3-4-8(13)16;;/h2-11H2,1H3,(H2,13,14);7,15H,1-6,12,14H2,(H2,13,16)(H,17,18)(H,19,20);;/q;;+1;-1/t;7-,11+;;/m.0../s1. The van der Waals surface area contributed by atoms with E-state index in [2.05, 4.69) is 12.2 Å². The first-order chi connectivity index (χ1) is 16.0. The third-order valence-electron chi connectivity index (χ3n) is 5.34. The third kappa shape index (κ3) is 24.2. The Morgan fingerprint density at radius 3 is 1.71 bits per heavy atom. The third-order valence-corrected chi connectivity index (χ3v) is 5.34. The number of primary amides is 2. The molecule has 0 aliphatic carbocycles. The zero-order valence-electron chi connectivity index (χ0n) is 22.7. The molecule has 0 fully saturated rings. The summed E-state index contributed by atoms with van der Waals surface area (Å²) < 4.78 is 0. The number of carboxylic acid groups (broad SMARTS) is 2. The van der Waals surface area contributed by atoms with E-state index in [1.165, 1.54) is 44.9 Å². The molecule has 11 N–H and O–H groups in total. The number of rotatable bonds is 21. The molecule has 0 saturated heterocycles. The van der Waals surface area contributed by atoms with Crippen LogP contribution in [-0.4, -0.2) is 52.2 Å². The predicted octanol–water partition coefficient (Wildman–Crippen LogP) is -1.33. The van der Waals surface area contributed by atoms with Crippen molar-refractivity contribution in [1.29, 1.82) is 0 Å². The Balaban J connectivity index is -0.000000285. The fourth-order valence-electron chi connectivity index (χ4n) is 3.25. The van der Waals surface area contributed by atoms with Gasteiger partial charge in [-0.3, -0.25) is 19.7 Å². The molecule has 0 aromatic carbocycles. The summed E-state index contributed by atoms with van der Waals surface area (Å²) in [4.78, 5) is 43.4. The van der Waals surface area contributed by atoms with Gasteiger partial charge in [0, 0.05) is 12.8 Å². The van der Waals surface area contributed by atoms with E-state index < -0.39 is 29.6 Å². The first-order valence-corrected chi connectivity index (χ1v) is 12.3. The smallest absolute Gasteiger partial charge is 1.00 e. The maximum atomic E-state index is 11.2. The van der Waals surface area contributed by atoms with Crippen LogP contribution in [0.15, 0.2) is 0 Å². The van der Waals surface area contributed by atoms with Crippen LogP contribution in [0.5, 0.6) is 0 Å². The second-order valence-electron chi connectivity index (χ2n) is 8.61. The zero-order valence-corrected chi connectivity index (χ0v) is 23.7. The van der Waals surface area contributed by atoms with Crippen LogP contribution >= 0.6 is 0 Å². The van der Waals surface area contributed by atoms with Crippen LogP contribution in [0.3, 0.4) is 0 Å². The van der Waals surface area contributed by atoms with Gasteiger partial charge in [0.15, 0.2) is 5.66 Å². The SMILES string of the molecule is CCCCCCCCCCCC(N)=O.NCCCC[C@@](N)(N[C@@H](CCC(N)=O)C(=O)O)C(=O)O.[H-].[Na+]. The number of carboxylic acids is 2. The molecule has 0 aliphatic heterocycles. The van der Waals surface area contributed by atoms with Gasteiger partial charge in [0.25, 0.3) is 0 Å². The van der Waals surface area contributed by atoms with Crippen LogP contribution < -0.4 is 57.8 Å². The molecule has 0 heterocycles. The van der Waals surface area contributed by atoms with Crippen molar-refractivity contribution >= 4 is 23.8 Å². The Kier molecular flexibility index (Phi) is 26.8. The monoisotopic (exact) mass is 513 g/mol. The summed E-state index contributed by atoms with van der Waals surface area (Å²) in [6.45, 7) is 2.63. The van der Waals surface area contributed by atoms with Gasteiger partial charge in [0.2, 0.25) is 11.8 Å². The minimum Gasteiger partial charge on any atom is -1.00 e. The number of nitrogens with two attached hydrogens (primary N) is 4. The summed E-state index contributed by atoms with van der Waals surface area (Å²) in [5.41, 5.74) is 19.1. The molecule has 35 heavy (non-hydrogen) atoms. The van der Waals surface area contributed by atoms with Crippen molar-refractivity contribution in [3.63, 3.8) is 0 Å². The number of nitrogens with one attached hydrogen (secondary N) is 1. The van der Waals surface area contributed by atoms with Crippen molar-refractivity contribution < 1.29 is 60.4 Å².